The molecular formula is C21H17BrO6. The molecule has 0 aliphatic rings. The Labute approximate surface area is 169 Å². The van der Waals surface area contributed by atoms with Crippen LogP contribution in [0, 0.1) is 0 Å². The summed E-state index contributed by atoms with van der Waals surface area (Å²) in [5.41, 5.74) is 0.266. The average molecular weight is 445 g/mol. The zero-order valence-electron chi connectivity index (χ0n) is 15.4. The molecule has 0 N–H and O–H groups in total. The minimum Gasteiger partial charge on any atom is -0.493 e. The molecule has 144 valence electrons. The molecule has 0 saturated carbocycles. The first-order valence-corrected chi connectivity index (χ1v) is 9.02. The van der Waals surface area contributed by atoms with Crippen LogP contribution in [0.1, 0.15) is 15.9 Å². The number of carbonyl (C=O) groups is 1. The van der Waals surface area contributed by atoms with Gasteiger partial charge in [0.2, 0.25) is 5.75 Å². The lowest BCUT2D eigenvalue weighted by molar-refractivity contribution is 0.104. The smallest absolute Gasteiger partial charge is 0.347 e. The zero-order valence-corrected chi connectivity index (χ0v) is 17.0. The van der Waals surface area contributed by atoms with Crippen LogP contribution in [0.25, 0.3) is 17.0 Å². The third-order valence-corrected chi connectivity index (χ3v) is 4.60. The summed E-state index contributed by atoms with van der Waals surface area (Å²) in [7, 11) is 4.51. The summed E-state index contributed by atoms with van der Waals surface area (Å²) in [5.74, 6) is 0.853. The highest BCUT2D eigenvalue weighted by Gasteiger charge is 2.16. The lowest BCUT2D eigenvalue weighted by atomic mass is 10.1. The Morgan fingerprint density at radius 2 is 1.75 bits per heavy atom. The number of ketones is 1. The first-order valence-electron chi connectivity index (χ1n) is 8.23. The van der Waals surface area contributed by atoms with E-state index in [0.29, 0.717) is 33.8 Å². The van der Waals surface area contributed by atoms with Crippen molar-refractivity contribution >= 4 is 38.8 Å². The molecule has 0 aliphatic carbocycles. The summed E-state index contributed by atoms with van der Waals surface area (Å²) in [6, 6.07) is 10.1. The van der Waals surface area contributed by atoms with Crippen molar-refractivity contribution < 1.29 is 23.4 Å². The monoisotopic (exact) mass is 444 g/mol. The van der Waals surface area contributed by atoms with Gasteiger partial charge in [-0.1, -0.05) is 15.9 Å². The molecule has 0 unspecified atom stereocenters. The first-order chi connectivity index (χ1) is 13.5. The highest BCUT2D eigenvalue weighted by molar-refractivity contribution is 9.10. The molecule has 0 aliphatic heterocycles. The summed E-state index contributed by atoms with van der Waals surface area (Å²) in [6.45, 7) is 0. The number of hydrogen-bond acceptors (Lipinski definition) is 6. The number of methoxy groups -OCH3 is 3. The van der Waals surface area contributed by atoms with E-state index < -0.39 is 11.4 Å². The van der Waals surface area contributed by atoms with E-state index in [9.17, 15) is 9.59 Å². The van der Waals surface area contributed by atoms with Crippen molar-refractivity contribution in [3.63, 3.8) is 0 Å². The van der Waals surface area contributed by atoms with E-state index >= 15 is 0 Å². The number of carbonyl (C=O) groups excluding carboxylic acids is 1. The lowest BCUT2D eigenvalue weighted by Gasteiger charge is -2.13. The fourth-order valence-corrected chi connectivity index (χ4v) is 3.16. The molecule has 1 heterocycles. The van der Waals surface area contributed by atoms with Crippen molar-refractivity contribution in [1.82, 2.24) is 0 Å². The Kier molecular flexibility index (Phi) is 5.84. The summed E-state index contributed by atoms with van der Waals surface area (Å²) in [5, 5.41) is 0.648. The molecule has 0 amide bonds. The standard InChI is InChI=1S/C21H17BrO6/c1-25-18-8-5-12(19(26-2)20(18)27-3)4-7-16(23)15-11-13-10-14(22)6-9-17(13)28-21(15)24/h4-11H,1-3H3/b7-4+. The SMILES string of the molecule is COc1ccc(/C=C/C(=O)c2cc3cc(Br)ccc3oc2=O)c(OC)c1OC. The van der Waals surface area contributed by atoms with Gasteiger partial charge in [0, 0.05) is 15.4 Å². The van der Waals surface area contributed by atoms with Gasteiger partial charge in [0.1, 0.15) is 11.1 Å². The second-order valence-electron chi connectivity index (χ2n) is 5.75. The van der Waals surface area contributed by atoms with Crippen LogP contribution >= 0.6 is 15.9 Å². The van der Waals surface area contributed by atoms with E-state index in [1.54, 1.807) is 36.4 Å². The molecule has 3 aromatic rings. The van der Waals surface area contributed by atoms with E-state index in [2.05, 4.69) is 15.9 Å². The fourth-order valence-electron chi connectivity index (χ4n) is 2.78. The van der Waals surface area contributed by atoms with Gasteiger partial charge in [0.25, 0.3) is 0 Å². The largest absolute Gasteiger partial charge is 0.493 e. The van der Waals surface area contributed by atoms with Crippen LogP contribution in [-0.4, -0.2) is 27.1 Å². The van der Waals surface area contributed by atoms with Gasteiger partial charge in [-0.15, -0.1) is 0 Å². The maximum atomic E-state index is 12.6. The molecule has 1 aromatic heterocycles. The third-order valence-electron chi connectivity index (χ3n) is 4.11. The van der Waals surface area contributed by atoms with Crippen molar-refractivity contribution in [3.8, 4) is 17.2 Å². The lowest BCUT2D eigenvalue weighted by Crippen LogP contribution is -2.11. The Hall–Kier alpha value is -3.06. The molecule has 0 saturated heterocycles. The quantitative estimate of drug-likeness (QED) is 0.317. The molecule has 0 spiro atoms. The second-order valence-corrected chi connectivity index (χ2v) is 6.67. The fraction of sp³-hybridized carbons (Fsp3) is 0.143. The maximum Gasteiger partial charge on any atom is 0.347 e. The van der Waals surface area contributed by atoms with Crippen LogP contribution in [0.2, 0.25) is 0 Å². The van der Waals surface area contributed by atoms with Crippen molar-refractivity contribution in [2.24, 2.45) is 0 Å². The van der Waals surface area contributed by atoms with Gasteiger partial charge in [0.05, 0.1) is 21.3 Å². The van der Waals surface area contributed by atoms with Crippen LogP contribution in [-0.2, 0) is 0 Å². The van der Waals surface area contributed by atoms with Gasteiger partial charge in [-0.3, -0.25) is 4.79 Å². The summed E-state index contributed by atoms with van der Waals surface area (Å²) < 4.78 is 22.0. The molecule has 2 aromatic carbocycles. The summed E-state index contributed by atoms with van der Waals surface area (Å²) in [4.78, 5) is 24.8. The summed E-state index contributed by atoms with van der Waals surface area (Å²) in [6.07, 6.45) is 2.84. The van der Waals surface area contributed by atoms with Gasteiger partial charge < -0.3 is 18.6 Å². The minimum atomic E-state index is -0.691. The Morgan fingerprint density at radius 3 is 2.43 bits per heavy atom. The van der Waals surface area contributed by atoms with E-state index in [4.69, 9.17) is 18.6 Å². The third kappa shape index (κ3) is 3.80. The first kappa shape index (κ1) is 19.7. The Balaban J connectivity index is 1.99. The Bertz CT molecular complexity index is 1130. The van der Waals surface area contributed by atoms with Gasteiger partial charge >= 0.3 is 5.63 Å². The molecule has 0 bridgehead atoms. The number of halogens is 1. The van der Waals surface area contributed by atoms with Crippen LogP contribution in [0.3, 0.4) is 0 Å². The van der Waals surface area contributed by atoms with Gasteiger partial charge in [-0.2, -0.15) is 0 Å². The van der Waals surface area contributed by atoms with E-state index in [0.717, 1.165) is 4.47 Å². The van der Waals surface area contributed by atoms with Gasteiger partial charge in [-0.05, 0) is 48.6 Å². The molecule has 28 heavy (non-hydrogen) atoms. The number of hydrogen-bond donors (Lipinski definition) is 0. The van der Waals surface area contributed by atoms with Crippen LogP contribution in [0.5, 0.6) is 17.2 Å². The number of ether oxygens (including phenoxy) is 3. The van der Waals surface area contributed by atoms with Crippen molar-refractivity contribution in [2.45, 2.75) is 0 Å². The van der Waals surface area contributed by atoms with Crippen molar-refractivity contribution in [1.29, 1.82) is 0 Å². The van der Waals surface area contributed by atoms with Crippen molar-refractivity contribution in [2.75, 3.05) is 21.3 Å². The molecule has 0 fully saturated rings. The van der Waals surface area contributed by atoms with E-state index in [1.165, 1.54) is 33.5 Å². The molecule has 3 rings (SSSR count). The number of allylic oxidation sites excluding steroid dienone is 1. The second kappa shape index (κ2) is 8.31. The van der Waals surface area contributed by atoms with Crippen LogP contribution in [0.4, 0.5) is 0 Å². The Morgan fingerprint density at radius 1 is 1.00 bits per heavy atom. The van der Waals surface area contributed by atoms with Crippen LogP contribution in [0.15, 0.2) is 56.2 Å². The molecule has 0 radical (unpaired) electrons. The van der Waals surface area contributed by atoms with E-state index in [-0.39, 0.29) is 5.56 Å². The predicted octanol–water partition coefficient (Wildman–Crippen LogP) is 4.48. The number of fused-ring (bicyclic) bond motifs is 1. The molecule has 6 nitrogen and oxygen atoms in total. The highest BCUT2D eigenvalue weighted by Crippen LogP contribution is 2.40. The number of benzene rings is 2. The maximum absolute atomic E-state index is 12.6. The zero-order chi connectivity index (χ0) is 20.3. The average Bonchev–Trinajstić information content (AvgIpc) is 2.70. The van der Waals surface area contributed by atoms with Crippen molar-refractivity contribution in [3.05, 3.63) is 68.5 Å². The molecule has 0 atom stereocenters. The molecular weight excluding hydrogens is 428 g/mol. The highest BCUT2D eigenvalue weighted by atomic mass is 79.9. The van der Waals surface area contributed by atoms with E-state index in [1.807, 2.05) is 0 Å². The predicted molar refractivity (Wildman–Crippen MR) is 110 cm³/mol. The van der Waals surface area contributed by atoms with Gasteiger partial charge in [-0.25, -0.2) is 4.79 Å². The normalized spacial score (nSPS) is 11.0. The van der Waals surface area contributed by atoms with Gasteiger partial charge in [0.15, 0.2) is 17.3 Å². The van der Waals surface area contributed by atoms with Crippen LogP contribution < -0.4 is 19.8 Å². The topological polar surface area (TPSA) is 75.0 Å². The summed E-state index contributed by atoms with van der Waals surface area (Å²) >= 11 is 3.36. The number of rotatable bonds is 6. The minimum absolute atomic E-state index is 0.0544. The molecule has 7 heteroatoms.